The third kappa shape index (κ3) is 2.96. The van der Waals surface area contributed by atoms with Crippen molar-refractivity contribution < 1.29 is 8.42 Å². The molecule has 0 atom stereocenters. The van der Waals surface area contributed by atoms with Crippen LogP contribution in [0, 0.1) is 5.41 Å². The van der Waals surface area contributed by atoms with Crippen molar-refractivity contribution in [2.24, 2.45) is 20.6 Å². The molecule has 1 aromatic rings. The number of nitrogens with two attached hydrogens (primary N) is 1. The zero-order valence-corrected chi connectivity index (χ0v) is 13.5. The van der Waals surface area contributed by atoms with Gasteiger partial charge in [-0.15, -0.1) is 4.40 Å². The first-order valence-corrected chi connectivity index (χ1v) is 8.91. The van der Waals surface area contributed by atoms with Gasteiger partial charge in [0.25, 0.3) is 10.0 Å². The number of hydrazone groups is 1. The Labute approximate surface area is 134 Å². The molecule has 1 spiro atoms. The number of guanidine groups is 1. The molecule has 1 fully saturated rings. The molecule has 0 saturated heterocycles. The van der Waals surface area contributed by atoms with Crippen LogP contribution < -0.4 is 5.73 Å². The lowest BCUT2D eigenvalue weighted by atomic mass is 9.89. The van der Waals surface area contributed by atoms with Crippen molar-refractivity contribution in [2.45, 2.75) is 30.6 Å². The number of hydrogen-bond donors (Lipinski definition) is 1. The van der Waals surface area contributed by atoms with Crippen LogP contribution in [0.5, 0.6) is 0 Å². The number of sulfonamides is 1. The van der Waals surface area contributed by atoms with Gasteiger partial charge in [-0.3, -0.25) is 0 Å². The summed E-state index contributed by atoms with van der Waals surface area (Å²) in [5.74, 6) is -0.111. The van der Waals surface area contributed by atoms with Crippen molar-refractivity contribution in [1.82, 2.24) is 5.01 Å². The van der Waals surface area contributed by atoms with E-state index in [-0.39, 0.29) is 16.3 Å². The number of rotatable bonds is 2. The molecule has 0 unspecified atom stereocenters. The molecular formula is C14H17ClN4O2S. The van der Waals surface area contributed by atoms with Gasteiger partial charge in [-0.2, -0.15) is 13.5 Å². The molecule has 118 valence electrons. The lowest BCUT2D eigenvalue weighted by Crippen LogP contribution is -2.36. The second-order valence-electron chi connectivity index (χ2n) is 5.75. The minimum absolute atomic E-state index is 0.0155. The van der Waals surface area contributed by atoms with Crippen molar-refractivity contribution in [3.05, 3.63) is 29.3 Å². The van der Waals surface area contributed by atoms with Crippen LogP contribution in [0.2, 0.25) is 5.02 Å². The van der Waals surface area contributed by atoms with Crippen LogP contribution in [0.3, 0.4) is 0 Å². The lowest BCUT2D eigenvalue weighted by molar-refractivity contribution is 0.345. The summed E-state index contributed by atoms with van der Waals surface area (Å²) >= 11 is 5.82. The van der Waals surface area contributed by atoms with Gasteiger partial charge in [-0.05, 0) is 31.0 Å². The van der Waals surface area contributed by atoms with Crippen LogP contribution in [0.15, 0.2) is 38.7 Å². The Morgan fingerprint density at radius 1 is 1.36 bits per heavy atom. The average molecular weight is 341 g/mol. The molecule has 6 nitrogen and oxygen atoms in total. The lowest BCUT2D eigenvalue weighted by Gasteiger charge is -2.21. The van der Waals surface area contributed by atoms with Gasteiger partial charge >= 0.3 is 0 Å². The Kier molecular flexibility index (Phi) is 3.86. The van der Waals surface area contributed by atoms with Crippen LogP contribution in [0.1, 0.15) is 25.7 Å². The minimum atomic E-state index is -3.89. The fraction of sp³-hybridized carbons (Fsp3) is 0.429. The minimum Gasteiger partial charge on any atom is -0.367 e. The van der Waals surface area contributed by atoms with Crippen LogP contribution in [-0.4, -0.2) is 32.1 Å². The second-order valence-corrected chi connectivity index (χ2v) is 7.79. The topological polar surface area (TPSA) is 88.1 Å². The predicted octanol–water partition coefficient (Wildman–Crippen LogP) is 2.21. The molecule has 8 heteroatoms. The summed E-state index contributed by atoms with van der Waals surface area (Å²) in [5.41, 5.74) is 5.87. The third-order valence-electron chi connectivity index (χ3n) is 4.11. The normalized spacial score (nSPS) is 21.0. The summed E-state index contributed by atoms with van der Waals surface area (Å²) < 4.78 is 28.2. The Bertz CT molecular complexity index is 739. The number of halogens is 1. The average Bonchev–Trinajstić information content (AvgIpc) is 3.09. The zero-order valence-electron chi connectivity index (χ0n) is 11.9. The van der Waals surface area contributed by atoms with E-state index in [0.29, 0.717) is 11.6 Å². The summed E-state index contributed by atoms with van der Waals surface area (Å²) in [4.78, 5) is 0.0155. The maximum atomic E-state index is 12.3. The molecule has 22 heavy (non-hydrogen) atoms. The van der Waals surface area contributed by atoms with E-state index in [1.807, 2.05) is 6.21 Å². The largest absolute Gasteiger partial charge is 0.367 e. The molecule has 1 saturated carbocycles. The van der Waals surface area contributed by atoms with Gasteiger partial charge in [-0.25, -0.2) is 5.01 Å². The second kappa shape index (κ2) is 5.55. The van der Waals surface area contributed by atoms with Crippen molar-refractivity contribution in [1.29, 1.82) is 0 Å². The van der Waals surface area contributed by atoms with Gasteiger partial charge in [0.1, 0.15) is 0 Å². The number of benzene rings is 1. The molecule has 0 bridgehead atoms. The molecule has 1 aliphatic carbocycles. The zero-order chi connectivity index (χ0) is 15.8. The monoisotopic (exact) mass is 340 g/mol. The summed E-state index contributed by atoms with van der Waals surface area (Å²) in [6.45, 7) is 0.591. The van der Waals surface area contributed by atoms with E-state index in [1.165, 1.54) is 17.1 Å². The standard InChI is InChI=1S/C14H17ClN4O2S/c15-11-4-3-5-12(8-11)22(20,21)18-13(16)19-10-14(9-17-19)6-1-2-7-14/h3-5,8-9H,1-2,6-7,10H2,(H2,16,18). The first-order valence-electron chi connectivity index (χ1n) is 7.09. The maximum Gasteiger partial charge on any atom is 0.285 e. The molecule has 1 aromatic carbocycles. The highest BCUT2D eigenvalue weighted by molar-refractivity contribution is 7.90. The van der Waals surface area contributed by atoms with E-state index in [0.717, 1.165) is 25.7 Å². The van der Waals surface area contributed by atoms with Crippen LogP contribution in [0.25, 0.3) is 0 Å². The van der Waals surface area contributed by atoms with Crippen molar-refractivity contribution in [3.63, 3.8) is 0 Å². The SMILES string of the molecule is N/C(=N\S(=O)(=O)c1cccc(Cl)c1)N1CC2(C=N1)CCCC2. The van der Waals surface area contributed by atoms with Crippen LogP contribution in [0.4, 0.5) is 0 Å². The first-order chi connectivity index (χ1) is 10.4. The Hall–Kier alpha value is -1.60. The first kappa shape index (κ1) is 15.3. The molecule has 2 N–H and O–H groups in total. The highest BCUT2D eigenvalue weighted by Crippen LogP contribution is 2.39. The highest BCUT2D eigenvalue weighted by atomic mass is 35.5. The van der Waals surface area contributed by atoms with E-state index in [9.17, 15) is 8.42 Å². The summed E-state index contributed by atoms with van der Waals surface area (Å²) in [6.07, 6.45) is 6.33. The van der Waals surface area contributed by atoms with Crippen LogP contribution >= 0.6 is 11.6 Å². The fourth-order valence-electron chi connectivity index (χ4n) is 2.93. The Balaban J connectivity index is 1.81. The van der Waals surface area contributed by atoms with E-state index in [1.54, 1.807) is 12.1 Å². The Morgan fingerprint density at radius 2 is 2.09 bits per heavy atom. The van der Waals surface area contributed by atoms with Gasteiger partial charge < -0.3 is 5.73 Å². The van der Waals surface area contributed by atoms with E-state index < -0.39 is 10.0 Å². The molecule has 2 aliphatic rings. The molecule has 0 radical (unpaired) electrons. The molecule has 0 amide bonds. The quantitative estimate of drug-likeness (QED) is 0.660. The summed E-state index contributed by atoms with van der Waals surface area (Å²) in [5, 5.41) is 6.03. The smallest absolute Gasteiger partial charge is 0.285 e. The maximum absolute atomic E-state index is 12.3. The Morgan fingerprint density at radius 3 is 2.77 bits per heavy atom. The molecule has 0 aromatic heterocycles. The van der Waals surface area contributed by atoms with Gasteiger partial charge in [0.05, 0.1) is 11.4 Å². The van der Waals surface area contributed by atoms with E-state index >= 15 is 0 Å². The van der Waals surface area contributed by atoms with Gasteiger partial charge in [-0.1, -0.05) is 30.5 Å². The van der Waals surface area contributed by atoms with Gasteiger partial charge in [0, 0.05) is 16.7 Å². The van der Waals surface area contributed by atoms with Crippen LogP contribution in [-0.2, 0) is 10.0 Å². The molecule has 1 aliphatic heterocycles. The van der Waals surface area contributed by atoms with Crippen molar-refractivity contribution in [3.8, 4) is 0 Å². The van der Waals surface area contributed by atoms with Gasteiger partial charge in [0.15, 0.2) is 0 Å². The highest BCUT2D eigenvalue weighted by Gasteiger charge is 2.39. The molecular weight excluding hydrogens is 324 g/mol. The molecule has 1 heterocycles. The van der Waals surface area contributed by atoms with Gasteiger partial charge in [0.2, 0.25) is 5.96 Å². The fourth-order valence-corrected chi connectivity index (χ4v) is 4.16. The predicted molar refractivity (Wildman–Crippen MR) is 86.4 cm³/mol. The van der Waals surface area contributed by atoms with Crippen molar-refractivity contribution in [2.75, 3.05) is 6.54 Å². The molecule has 3 rings (SSSR count). The number of hydrogen-bond acceptors (Lipinski definition) is 3. The van der Waals surface area contributed by atoms with E-state index in [4.69, 9.17) is 17.3 Å². The van der Waals surface area contributed by atoms with E-state index in [2.05, 4.69) is 9.50 Å². The summed E-state index contributed by atoms with van der Waals surface area (Å²) in [6, 6.07) is 5.94. The number of nitrogens with zero attached hydrogens (tertiary/aromatic N) is 3. The summed E-state index contributed by atoms with van der Waals surface area (Å²) in [7, 11) is -3.89. The van der Waals surface area contributed by atoms with Crippen molar-refractivity contribution >= 4 is 33.8 Å². The third-order valence-corrected chi connectivity index (χ3v) is 5.62.